The van der Waals surface area contributed by atoms with Crippen molar-refractivity contribution < 1.29 is 9.90 Å². The first-order chi connectivity index (χ1) is 7.49. The van der Waals surface area contributed by atoms with Crippen molar-refractivity contribution >= 4 is 11.9 Å². The van der Waals surface area contributed by atoms with E-state index in [9.17, 15) is 4.79 Å². The predicted molar refractivity (Wildman–Crippen MR) is 66.4 cm³/mol. The summed E-state index contributed by atoms with van der Waals surface area (Å²) in [6.45, 7) is 4.84. The van der Waals surface area contributed by atoms with Crippen molar-refractivity contribution in [3.63, 3.8) is 0 Å². The van der Waals surface area contributed by atoms with E-state index in [0.29, 0.717) is 25.3 Å². The Kier molecular flexibility index (Phi) is 12.6. The van der Waals surface area contributed by atoms with Gasteiger partial charge in [0.25, 0.3) is 0 Å². The molecule has 0 rings (SSSR count). The fourth-order valence-corrected chi connectivity index (χ4v) is 0.741. The summed E-state index contributed by atoms with van der Waals surface area (Å²) in [5, 5.41) is 11.2. The molecule has 0 aromatic heterocycles. The fraction of sp³-hybridized carbons (Fsp3) is 0.800. The van der Waals surface area contributed by atoms with Gasteiger partial charge in [-0.15, -0.1) is 0 Å². The maximum atomic E-state index is 10.3. The molecule has 0 saturated carbocycles. The van der Waals surface area contributed by atoms with Crippen LogP contribution < -0.4 is 16.8 Å². The lowest BCUT2D eigenvalue weighted by Crippen LogP contribution is -2.34. The van der Waals surface area contributed by atoms with Crippen LogP contribution >= 0.6 is 0 Å². The quantitative estimate of drug-likeness (QED) is 0.305. The molecule has 0 aliphatic carbocycles. The van der Waals surface area contributed by atoms with Crippen LogP contribution in [0.2, 0.25) is 0 Å². The second kappa shape index (κ2) is 11.8. The Balaban J connectivity index is 0. The Morgan fingerprint density at radius 2 is 2.00 bits per heavy atom. The maximum absolute atomic E-state index is 10.3. The summed E-state index contributed by atoms with van der Waals surface area (Å²) >= 11 is 0. The minimum atomic E-state index is -0.975. The molecule has 6 heteroatoms. The molecule has 96 valence electrons. The zero-order valence-corrected chi connectivity index (χ0v) is 10.4. The Hall–Kier alpha value is -1.30. The minimum absolute atomic E-state index is 0.351. The molecule has 16 heavy (non-hydrogen) atoms. The van der Waals surface area contributed by atoms with Gasteiger partial charge < -0.3 is 21.9 Å². The van der Waals surface area contributed by atoms with Crippen LogP contribution in [0.1, 0.15) is 33.1 Å². The summed E-state index contributed by atoms with van der Waals surface area (Å²) in [7, 11) is 1.57. The van der Waals surface area contributed by atoms with E-state index in [1.807, 2.05) is 0 Å². The fourth-order valence-electron chi connectivity index (χ4n) is 0.741. The molecule has 6 N–H and O–H groups in total. The third kappa shape index (κ3) is 12.7. The molecule has 0 aliphatic rings. The predicted octanol–water partition coefficient (Wildman–Crippen LogP) is 0.129. The minimum Gasteiger partial charge on any atom is -0.480 e. The molecule has 6 nitrogen and oxygen atoms in total. The number of nitrogens with two attached hydrogens (primary N) is 2. The number of carbonyl (C=O) groups is 1. The van der Waals surface area contributed by atoms with Crippen molar-refractivity contribution in [2.24, 2.45) is 16.5 Å². The molecule has 0 amide bonds. The van der Waals surface area contributed by atoms with Gasteiger partial charge in [-0.3, -0.25) is 9.79 Å². The second-order valence-electron chi connectivity index (χ2n) is 3.33. The molecule has 0 aromatic carbocycles. The van der Waals surface area contributed by atoms with Crippen LogP contribution in [0.4, 0.5) is 0 Å². The van der Waals surface area contributed by atoms with Crippen molar-refractivity contribution in [3.05, 3.63) is 0 Å². The summed E-state index contributed by atoms with van der Waals surface area (Å²) in [5.41, 5.74) is 10.6. The lowest BCUT2D eigenvalue weighted by molar-refractivity contribution is -0.138. The summed E-state index contributed by atoms with van der Waals surface area (Å²) < 4.78 is 0. The summed E-state index contributed by atoms with van der Waals surface area (Å²) in [6, 6.07) is -0.790. The molecular weight excluding hydrogens is 208 g/mol. The molecule has 0 saturated heterocycles. The number of hydrogen-bond acceptors (Lipinski definition) is 3. The van der Waals surface area contributed by atoms with Crippen LogP contribution in [0, 0.1) is 0 Å². The highest BCUT2D eigenvalue weighted by Crippen LogP contribution is 1.92. The summed E-state index contributed by atoms with van der Waals surface area (Å²) in [4.78, 5) is 14.0. The van der Waals surface area contributed by atoms with Crippen molar-refractivity contribution in [2.45, 2.75) is 39.2 Å². The number of aliphatic imine (C=N–C) groups is 1. The Bertz CT molecular complexity index is 207. The Labute approximate surface area is 97.1 Å². The second-order valence-corrected chi connectivity index (χ2v) is 3.33. The molecule has 0 heterocycles. The third-order valence-corrected chi connectivity index (χ3v) is 1.56. The van der Waals surface area contributed by atoms with Crippen molar-refractivity contribution in [1.82, 2.24) is 5.32 Å². The van der Waals surface area contributed by atoms with Crippen LogP contribution in [0.3, 0.4) is 0 Å². The van der Waals surface area contributed by atoms with Gasteiger partial charge in [0, 0.05) is 13.6 Å². The SMILES string of the molecule is CCC.CN=C(N)NCCC[C@H](N)C(=O)O. The van der Waals surface area contributed by atoms with E-state index < -0.39 is 12.0 Å². The largest absolute Gasteiger partial charge is 0.480 e. The normalized spacial score (nSPS) is 12.4. The topological polar surface area (TPSA) is 114 Å². The van der Waals surface area contributed by atoms with Gasteiger partial charge >= 0.3 is 5.97 Å². The molecule has 1 atom stereocenters. The van der Waals surface area contributed by atoms with Gasteiger partial charge in [0.15, 0.2) is 5.96 Å². The number of nitrogens with zero attached hydrogens (tertiary/aromatic N) is 1. The zero-order valence-electron chi connectivity index (χ0n) is 10.4. The molecule has 0 aromatic rings. The molecule has 0 unspecified atom stereocenters. The number of carboxylic acid groups (broad SMARTS) is 1. The van der Waals surface area contributed by atoms with E-state index in [-0.39, 0.29) is 0 Å². The zero-order chi connectivity index (χ0) is 13.0. The lowest BCUT2D eigenvalue weighted by Gasteiger charge is -2.07. The van der Waals surface area contributed by atoms with Gasteiger partial charge in [-0.05, 0) is 12.8 Å². The van der Waals surface area contributed by atoms with E-state index in [0.717, 1.165) is 0 Å². The van der Waals surface area contributed by atoms with Gasteiger partial charge in [0.1, 0.15) is 6.04 Å². The van der Waals surface area contributed by atoms with E-state index in [1.54, 1.807) is 7.05 Å². The molecule has 0 aliphatic heterocycles. The average molecular weight is 232 g/mol. The van der Waals surface area contributed by atoms with E-state index in [1.165, 1.54) is 6.42 Å². The number of carboxylic acids is 1. The molecule has 0 radical (unpaired) electrons. The van der Waals surface area contributed by atoms with Crippen LogP contribution in [0.15, 0.2) is 4.99 Å². The van der Waals surface area contributed by atoms with Crippen LogP contribution in [0.25, 0.3) is 0 Å². The van der Waals surface area contributed by atoms with Gasteiger partial charge in [-0.2, -0.15) is 0 Å². The number of nitrogens with one attached hydrogen (secondary N) is 1. The Morgan fingerprint density at radius 1 is 1.50 bits per heavy atom. The standard InChI is InChI=1S/C7H16N4O2.C3H8/c1-10-7(9)11-4-2-3-5(8)6(12)13;1-3-2/h5H,2-4,8H2,1H3,(H,12,13)(H3,9,10,11);3H2,1-2H3/t5-;/m0./s1. The van der Waals surface area contributed by atoms with Gasteiger partial charge in [-0.25, -0.2) is 0 Å². The molecule has 0 fully saturated rings. The van der Waals surface area contributed by atoms with Crippen LogP contribution in [-0.2, 0) is 4.79 Å². The number of hydrogen-bond donors (Lipinski definition) is 4. The maximum Gasteiger partial charge on any atom is 0.320 e. The first-order valence-corrected chi connectivity index (χ1v) is 5.44. The Morgan fingerprint density at radius 3 is 2.38 bits per heavy atom. The average Bonchev–Trinajstić information content (AvgIpc) is 2.24. The monoisotopic (exact) mass is 232 g/mol. The summed E-state index contributed by atoms with van der Waals surface area (Å²) in [5.74, 6) is -0.624. The number of guanidine groups is 1. The molecule has 0 spiro atoms. The number of aliphatic carboxylic acids is 1. The molecule has 0 bridgehead atoms. The highest BCUT2D eigenvalue weighted by molar-refractivity contribution is 5.77. The highest BCUT2D eigenvalue weighted by Gasteiger charge is 2.09. The molecular formula is C10H24N4O2. The van der Waals surface area contributed by atoms with Gasteiger partial charge in [0.05, 0.1) is 0 Å². The van der Waals surface area contributed by atoms with E-state index >= 15 is 0 Å². The van der Waals surface area contributed by atoms with Crippen LogP contribution in [0.5, 0.6) is 0 Å². The van der Waals surface area contributed by atoms with Crippen molar-refractivity contribution in [2.75, 3.05) is 13.6 Å². The van der Waals surface area contributed by atoms with E-state index in [4.69, 9.17) is 16.6 Å². The van der Waals surface area contributed by atoms with Crippen molar-refractivity contribution in [3.8, 4) is 0 Å². The highest BCUT2D eigenvalue weighted by atomic mass is 16.4. The number of rotatable bonds is 5. The first-order valence-electron chi connectivity index (χ1n) is 5.44. The van der Waals surface area contributed by atoms with Gasteiger partial charge in [-0.1, -0.05) is 20.3 Å². The van der Waals surface area contributed by atoms with E-state index in [2.05, 4.69) is 24.2 Å². The summed E-state index contributed by atoms with van der Waals surface area (Å²) in [6.07, 6.45) is 2.34. The van der Waals surface area contributed by atoms with Crippen molar-refractivity contribution in [1.29, 1.82) is 0 Å². The third-order valence-electron chi connectivity index (χ3n) is 1.56. The van der Waals surface area contributed by atoms with Gasteiger partial charge in [0.2, 0.25) is 0 Å². The first kappa shape index (κ1) is 17.1. The smallest absolute Gasteiger partial charge is 0.320 e. The lowest BCUT2D eigenvalue weighted by atomic mass is 10.2. The van der Waals surface area contributed by atoms with Crippen LogP contribution in [-0.4, -0.2) is 36.7 Å².